The van der Waals surface area contributed by atoms with E-state index in [1.807, 2.05) is 13.8 Å². The fourth-order valence-electron chi connectivity index (χ4n) is 2.24. The van der Waals surface area contributed by atoms with Crippen molar-refractivity contribution in [1.29, 1.82) is 0 Å². The zero-order valence-electron chi connectivity index (χ0n) is 13.0. The molecule has 7 nitrogen and oxygen atoms in total. The van der Waals surface area contributed by atoms with Gasteiger partial charge in [0.05, 0.1) is 11.7 Å². The molecule has 0 aromatic carbocycles. The van der Waals surface area contributed by atoms with Gasteiger partial charge in [-0.1, -0.05) is 20.3 Å². The molecule has 0 spiro atoms. The van der Waals surface area contributed by atoms with Crippen LogP contribution >= 0.6 is 11.3 Å². The van der Waals surface area contributed by atoms with E-state index in [0.717, 1.165) is 11.3 Å². The lowest BCUT2D eigenvalue weighted by molar-refractivity contribution is -0.142. The summed E-state index contributed by atoms with van der Waals surface area (Å²) >= 11 is 1.46. The van der Waals surface area contributed by atoms with E-state index in [4.69, 9.17) is 5.11 Å². The van der Waals surface area contributed by atoms with Gasteiger partial charge >= 0.3 is 5.97 Å². The summed E-state index contributed by atoms with van der Waals surface area (Å²) in [5.41, 5.74) is -0.288. The van der Waals surface area contributed by atoms with Gasteiger partial charge in [-0.05, 0) is 18.9 Å². The lowest BCUT2D eigenvalue weighted by Crippen LogP contribution is -2.43. The molecule has 0 bridgehead atoms. The average Bonchev–Trinajstić information content (AvgIpc) is 2.93. The Labute approximate surface area is 137 Å². The number of aliphatic carboxylic acids is 1. The number of nitrogens with one attached hydrogen (secondary N) is 1. The lowest BCUT2D eigenvalue weighted by Gasteiger charge is -2.13. The van der Waals surface area contributed by atoms with Crippen LogP contribution in [0, 0.1) is 0 Å². The van der Waals surface area contributed by atoms with E-state index in [1.54, 1.807) is 6.07 Å². The first-order valence-corrected chi connectivity index (χ1v) is 8.27. The number of rotatable bonds is 7. The Bertz CT molecular complexity index is 781. The number of carboxylic acid groups (broad SMARTS) is 1. The van der Waals surface area contributed by atoms with E-state index in [0.29, 0.717) is 23.1 Å². The van der Waals surface area contributed by atoms with Gasteiger partial charge in [0.15, 0.2) is 0 Å². The average molecular weight is 337 g/mol. The number of aromatic nitrogens is 2. The van der Waals surface area contributed by atoms with Crippen LogP contribution in [0.1, 0.15) is 31.6 Å². The highest BCUT2D eigenvalue weighted by molar-refractivity contribution is 7.18. The lowest BCUT2D eigenvalue weighted by atomic mass is 10.1. The maximum absolute atomic E-state index is 12.4. The molecule has 1 amide bonds. The second-order valence-electron chi connectivity index (χ2n) is 5.21. The number of carbonyl (C=O) groups is 2. The van der Waals surface area contributed by atoms with Crippen LogP contribution in [0.25, 0.3) is 10.2 Å². The van der Waals surface area contributed by atoms with E-state index in [9.17, 15) is 14.4 Å². The summed E-state index contributed by atoms with van der Waals surface area (Å²) in [6.07, 6.45) is 3.13. The first-order chi connectivity index (χ1) is 11.0. The summed E-state index contributed by atoms with van der Waals surface area (Å²) in [6.45, 7) is 3.59. The molecule has 0 saturated heterocycles. The maximum Gasteiger partial charge on any atom is 0.326 e. The van der Waals surface area contributed by atoms with E-state index in [-0.39, 0.29) is 12.1 Å². The maximum atomic E-state index is 12.4. The van der Waals surface area contributed by atoms with E-state index < -0.39 is 17.9 Å². The van der Waals surface area contributed by atoms with Crippen LogP contribution < -0.4 is 10.9 Å². The summed E-state index contributed by atoms with van der Waals surface area (Å²) in [5, 5.41) is 12.0. The number of hydrogen-bond acceptors (Lipinski definition) is 5. The summed E-state index contributed by atoms with van der Waals surface area (Å²) in [6, 6.07) is 0.855. The largest absolute Gasteiger partial charge is 0.480 e. The number of nitrogens with zero attached hydrogens (tertiary/aromatic N) is 2. The fraction of sp³-hybridized carbons (Fsp3) is 0.467. The first kappa shape index (κ1) is 17.1. The molecule has 8 heteroatoms. The monoisotopic (exact) mass is 337 g/mol. The second kappa shape index (κ2) is 7.36. The van der Waals surface area contributed by atoms with Crippen molar-refractivity contribution >= 4 is 33.4 Å². The third-order valence-electron chi connectivity index (χ3n) is 3.44. The van der Waals surface area contributed by atoms with Crippen LogP contribution in [0.5, 0.6) is 0 Å². The number of amides is 1. The number of hydrogen-bond donors (Lipinski definition) is 2. The van der Waals surface area contributed by atoms with Crippen molar-refractivity contribution in [1.82, 2.24) is 14.9 Å². The van der Waals surface area contributed by atoms with Crippen molar-refractivity contribution in [2.75, 3.05) is 0 Å². The SMILES string of the molecule is CCCC(NC(=O)Cn1cnc2sc(CC)cc2c1=O)C(=O)O. The zero-order valence-corrected chi connectivity index (χ0v) is 13.9. The number of aryl methyl sites for hydroxylation is 1. The Hall–Kier alpha value is -2.22. The van der Waals surface area contributed by atoms with Crippen LogP contribution in [0.3, 0.4) is 0 Å². The smallest absolute Gasteiger partial charge is 0.326 e. The topological polar surface area (TPSA) is 101 Å². The molecule has 124 valence electrons. The van der Waals surface area contributed by atoms with Gasteiger partial charge in [-0.15, -0.1) is 11.3 Å². The predicted octanol–water partition coefficient (Wildman–Crippen LogP) is 1.39. The van der Waals surface area contributed by atoms with Crippen LogP contribution in [0.4, 0.5) is 0 Å². The molecule has 1 atom stereocenters. The molecule has 2 aromatic rings. The van der Waals surface area contributed by atoms with E-state index >= 15 is 0 Å². The number of carboxylic acids is 1. The van der Waals surface area contributed by atoms with E-state index in [1.165, 1.54) is 22.2 Å². The highest BCUT2D eigenvalue weighted by Crippen LogP contribution is 2.20. The van der Waals surface area contributed by atoms with Gasteiger partial charge in [-0.3, -0.25) is 14.2 Å². The zero-order chi connectivity index (χ0) is 17.0. The molecule has 2 aromatic heterocycles. The normalized spacial score (nSPS) is 12.3. The van der Waals surface area contributed by atoms with Gasteiger partial charge in [-0.25, -0.2) is 9.78 Å². The summed E-state index contributed by atoms with van der Waals surface area (Å²) in [5.74, 6) is -1.59. The summed E-state index contributed by atoms with van der Waals surface area (Å²) in [4.78, 5) is 41.3. The third-order valence-corrected chi connectivity index (χ3v) is 4.63. The molecule has 2 heterocycles. The minimum atomic E-state index is -1.08. The quantitative estimate of drug-likeness (QED) is 0.795. The van der Waals surface area contributed by atoms with Crippen LogP contribution in [-0.4, -0.2) is 32.6 Å². The van der Waals surface area contributed by atoms with Crippen molar-refractivity contribution in [2.45, 2.75) is 45.7 Å². The van der Waals surface area contributed by atoms with Crippen molar-refractivity contribution in [3.05, 3.63) is 27.6 Å². The van der Waals surface area contributed by atoms with Gasteiger partial charge in [-0.2, -0.15) is 0 Å². The molecule has 0 aliphatic rings. The minimum absolute atomic E-state index is 0.243. The van der Waals surface area contributed by atoms with Gasteiger partial charge in [0.2, 0.25) is 5.91 Å². The van der Waals surface area contributed by atoms with E-state index in [2.05, 4.69) is 10.3 Å². The number of fused-ring (bicyclic) bond motifs is 1. The van der Waals surface area contributed by atoms with Crippen molar-refractivity contribution in [3.63, 3.8) is 0 Å². The number of thiophene rings is 1. The molecule has 0 aliphatic carbocycles. The first-order valence-electron chi connectivity index (χ1n) is 7.46. The molecular weight excluding hydrogens is 318 g/mol. The fourth-order valence-corrected chi connectivity index (χ4v) is 3.16. The minimum Gasteiger partial charge on any atom is -0.480 e. The van der Waals surface area contributed by atoms with Gasteiger partial charge < -0.3 is 10.4 Å². The Balaban J connectivity index is 2.17. The highest BCUT2D eigenvalue weighted by atomic mass is 32.1. The van der Waals surface area contributed by atoms with Gasteiger partial charge in [0.1, 0.15) is 17.4 Å². The predicted molar refractivity (Wildman–Crippen MR) is 87.7 cm³/mol. The summed E-state index contributed by atoms with van der Waals surface area (Å²) < 4.78 is 1.20. The van der Waals surface area contributed by atoms with Crippen molar-refractivity contribution in [3.8, 4) is 0 Å². The molecule has 23 heavy (non-hydrogen) atoms. The van der Waals surface area contributed by atoms with Crippen LogP contribution in [0.2, 0.25) is 0 Å². The Morgan fingerprint density at radius 2 is 2.17 bits per heavy atom. The van der Waals surface area contributed by atoms with Crippen LogP contribution in [0.15, 0.2) is 17.2 Å². The molecule has 0 fully saturated rings. The summed E-state index contributed by atoms with van der Waals surface area (Å²) in [7, 11) is 0. The second-order valence-corrected chi connectivity index (χ2v) is 6.32. The molecule has 0 radical (unpaired) electrons. The standard InChI is InChI=1S/C15H19N3O4S/c1-3-5-11(15(21)22)17-12(19)7-18-8-16-13-10(14(18)20)6-9(4-2)23-13/h6,8,11H,3-5,7H2,1-2H3,(H,17,19)(H,21,22). The molecule has 2 rings (SSSR count). The molecular formula is C15H19N3O4S. The highest BCUT2D eigenvalue weighted by Gasteiger charge is 2.19. The molecule has 0 aliphatic heterocycles. The van der Waals surface area contributed by atoms with Crippen molar-refractivity contribution < 1.29 is 14.7 Å². The Morgan fingerprint density at radius 3 is 2.78 bits per heavy atom. The number of carbonyl (C=O) groups excluding carboxylic acids is 1. The Kier molecular flexibility index (Phi) is 5.49. The third kappa shape index (κ3) is 3.95. The van der Waals surface area contributed by atoms with Crippen molar-refractivity contribution in [2.24, 2.45) is 0 Å². The van der Waals surface area contributed by atoms with Gasteiger partial charge in [0, 0.05) is 4.88 Å². The molecule has 0 saturated carbocycles. The molecule has 1 unspecified atom stereocenters. The van der Waals surface area contributed by atoms with Gasteiger partial charge in [0.25, 0.3) is 5.56 Å². The van der Waals surface area contributed by atoms with Crippen LogP contribution in [-0.2, 0) is 22.6 Å². The molecule has 2 N–H and O–H groups in total. The Morgan fingerprint density at radius 1 is 1.43 bits per heavy atom.